The summed E-state index contributed by atoms with van der Waals surface area (Å²) in [6, 6.07) is 5.55. The van der Waals surface area contributed by atoms with Gasteiger partial charge in [-0.3, -0.25) is 15.1 Å². The molecule has 0 aliphatic carbocycles. The summed E-state index contributed by atoms with van der Waals surface area (Å²) >= 11 is 0. The highest BCUT2D eigenvalue weighted by molar-refractivity contribution is 5.85. The normalized spacial score (nSPS) is 10.5. The van der Waals surface area contributed by atoms with Crippen LogP contribution in [-0.4, -0.2) is 21.6 Å². The van der Waals surface area contributed by atoms with Gasteiger partial charge in [-0.1, -0.05) is 6.07 Å². The molecule has 0 saturated carbocycles. The molecule has 0 unspecified atom stereocenters. The first-order chi connectivity index (χ1) is 6.52. The van der Waals surface area contributed by atoms with Crippen LogP contribution in [0.25, 0.3) is 0 Å². The Morgan fingerprint density at radius 1 is 1.53 bits per heavy atom. The third-order valence-corrected chi connectivity index (χ3v) is 1.97. The topological polar surface area (TPSA) is 62.2 Å². The molecule has 2 N–H and O–H groups in total. The lowest BCUT2D eigenvalue weighted by Crippen LogP contribution is -2.46. The van der Waals surface area contributed by atoms with Gasteiger partial charge < -0.3 is 5.11 Å². The van der Waals surface area contributed by atoms with Crippen LogP contribution in [0.3, 0.4) is 0 Å². The predicted octanol–water partition coefficient (Wildman–Crippen LogP) is 1.46. The molecule has 0 aromatic carbocycles. The highest BCUT2D eigenvalue weighted by Gasteiger charge is 2.25. The number of nitrogens with one attached hydrogen (secondary N) is 1. The van der Waals surface area contributed by atoms with Gasteiger partial charge in [-0.15, -0.1) is 12.4 Å². The van der Waals surface area contributed by atoms with Gasteiger partial charge in [-0.2, -0.15) is 0 Å². The van der Waals surface area contributed by atoms with Gasteiger partial charge in [-0.25, -0.2) is 0 Å². The molecule has 1 heterocycles. The smallest absolute Gasteiger partial charge is 0.323 e. The van der Waals surface area contributed by atoms with Crippen molar-refractivity contribution in [2.75, 3.05) is 0 Å². The van der Waals surface area contributed by atoms with Gasteiger partial charge in [0.15, 0.2) is 0 Å². The molecule has 0 amide bonds. The molecule has 0 atom stereocenters. The zero-order valence-electron chi connectivity index (χ0n) is 8.73. The molecular formula is C10H15ClN2O2. The first kappa shape index (κ1) is 13.9. The highest BCUT2D eigenvalue weighted by atomic mass is 35.5. The van der Waals surface area contributed by atoms with Crippen molar-refractivity contribution < 1.29 is 9.90 Å². The van der Waals surface area contributed by atoms with E-state index in [1.165, 1.54) is 0 Å². The summed E-state index contributed by atoms with van der Waals surface area (Å²) in [7, 11) is 0. The Morgan fingerprint density at radius 3 is 2.67 bits per heavy atom. The molecule has 0 aliphatic heterocycles. The molecule has 0 aliphatic rings. The first-order valence-electron chi connectivity index (χ1n) is 4.41. The SMILES string of the molecule is CC(C)(NCc1ccccn1)C(=O)O.Cl. The van der Waals surface area contributed by atoms with Crippen LogP contribution < -0.4 is 5.32 Å². The molecule has 1 rings (SSSR count). The minimum Gasteiger partial charge on any atom is -0.480 e. The van der Waals surface area contributed by atoms with Crippen molar-refractivity contribution in [3.8, 4) is 0 Å². The molecule has 1 aromatic heterocycles. The van der Waals surface area contributed by atoms with Gasteiger partial charge in [0.2, 0.25) is 0 Å². The molecule has 0 saturated heterocycles. The number of aliphatic carboxylic acids is 1. The minimum absolute atomic E-state index is 0. The Bertz CT molecular complexity index is 314. The van der Waals surface area contributed by atoms with E-state index in [2.05, 4.69) is 10.3 Å². The maximum Gasteiger partial charge on any atom is 0.323 e. The third kappa shape index (κ3) is 4.27. The van der Waals surface area contributed by atoms with E-state index >= 15 is 0 Å². The van der Waals surface area contributed by atoms with E-state index < -0.39 is 11.5 Å². The third-order valence-electron chi connectivity index (χ3n) is 1.97. The van der Waals surface area contributed by atoms with Crippen molar-refractivity contribution in [1.82, 2.24) is 10.3 Å². The van der Waals surface area contributed by atoms with Gasteiger partial charge in [0.05, 0.1) is 5.69 Å². The van der Waals surface area contributed by atoms with Crippen LogP contribution in [0.4, 0.5) is 0 Å². The van der Waals surface area contributed by atoms with Gasteiger partial charge in [-0.05, 0) is 26.0 Å². The van der Waals surface area contributed by atoms with Crippen LogP contribution in [-0.2, 0) is 11.3 Å². The minimum atomic E-state index is -0.919. The van der Waals surface area contributed by atoms with E-state index in [1.807, 2.05) is 18.2 Å². The Hall–Kier alpha value is -1.13. The summed E-state index contributed by atoms with van der Waals surface area (Å²) in [5, 5.41) is 11.7. The molecule has 5 heteroatoms. The number of carboxylic acid groups (broad SMARTS) is 1. The van der Waals surface area contributed by atoms with E-state index in [4.69, 9.17) is 5.11 Å². The Morgan fingerprint density at radius 2 is 2.20 bits per heavy atom. The highest BCUT2D eigenvalue weighted by Crippen LogP contribution is 2.03. The number of aromatic nitrogens is 1. The second-order valence-electron chi connectivity index (χ2n) is 3.60. The maximum atomic E-state index is 10.8. The molecule has 0 radical (unpaired) electrons. The van der Waals surface area contributed by atoms with Crippen molar-refractivity contribution in [1.29, 1.82) is 0 Å². The zero-order chi connectivity index (χ0) is 10.6. The van der Waals surface area contributed by atoms with Crippen molar-refractivity contribution in [2.45, 2.75) is 25.9 Å². The fourth-order valence-corrected chi connectivity index (χ4v) is 0.890. The summed E-state index contributed by atoms with van der Waals surface area (Å²) in [5.41, 5.74) is -0.0841. The van der Waals surface area contributed by atoms with Crippen molar-refractivity contribution >= 4 is 18.4 Å². The van der Waals surface area contributed by atoms with Crippen molar-refractivity contribution in [3.05, 3.63) is 30.1 Å². The zero-order valence-corrected chi connectivity index (χ0v) is 9.54. The van der Waals surface area contributed by atoms with E-state index in [1.54, 1.807) is 20.0 Å². The fraction of sp³-hybridized carbons (Fsp3) is 0.400. The average Bonchev–Trinajstić information content (AvgIpc) is 2.16. The number of carboxylic acids is 1. The molecule has 84 valence electrons. The summed E-state index contributed by atoms with van der Waals surface area (Å²) < 4.78 is 0. The number of hydrogen-bond acceptors (Lipinski definition) is 3. The Labute approximate surface area is 95.1 Å². The molecule has 4 nitrogen and oxygen atoms in total. The molecule has 15 heavy (non-hydrogen) atoms. The lowest BCUT2D eigenvalue weighted by molar-refractivity contribution is -0.143. The van der Waals surface area contributed by atoms with E-state index in [9.17, 15) is 4.79 Å². The Kier molecular flexibility index (Phi) is 5.25. The Balaban J connectivity index is 0.00000196. The van der Waals surface area contributed by atoms with Crippen LogP contribution in [0, 0.1) is 0 Å². The summed E-state index contributed by atoms with van der Waals surface area (Å²) in [6.07, 6.45) is 1.69. The average molecular weight is 231 g/mol. The van der Waals surface area contributed by atoms with Gasteiger partial charge in [0.25, 0.3) is 0 Å². The largest absolute Gasteiger partial charge is 0.480 e. The lowest BCUT2D eigenvalue weighted by Gasteiger charge is -2.20. The lowest BCUT2D eigenvalue weighted by atomic mass is 10.1. The summed E-state index contributed by atoms with van der Waals surface area (Å²) in [6.45, 7) is 3.71. The molecular weight excluding hydrogens is 216 g/mol. The van der Waals surface area contributed by atoms with Crippen LogP contribution in [0.5, 0.6) is 0 Å². The van der Waals surface area contributed by atoms with Gasteiger partial charge >= 0.3 is 5.97 Å². The number of nitrogens with zero attached hydrogens (tertiary/aromatic N) is 1. The predicted molar refractivity (Wildman–Crippen MR) is 60.0 cm³/mol. The monoisotopic (exact) mass is 230 g/mol. The number of pyridine rings is 1. The van der Waals surface area contributed by atoms with E-state index in [0.717, 1.165) is 5.69 Å². The van der Waals surface area contributed by atoms with Crippen LogP contribution >= 0.6 is 12.4 Å². The van der Waals surface area contributed by atoms with Crippen molar-refractivity contribution in [2.24, 2.45) is 0 Å². The van der Waals surface area contributed by atoms with E-state index in [-0.39, 0.29) is 12.4 Å². The second kappa shape index (κ2) is 5.68. The molecule has 0 fully saturated rings. The van der Waals surface area contributed by atoms with Gasteiger partial charge in [0, 0.05) is 12.7 Å². The quantitative estimate of drug-likeness (QED) is 0.822. The van der Waals surface area contributed by atoms with Crippen LogP contribution in [0.15, 0.2) is 24.4 Å². The first-order valence-corrected chi connectivity index (χ1v) is 4.41. The molecule has 1 aromatic rings. The summed E-state index contributed by atoms with van der Waals surface area (Å²) in [4.78, 5) is 14.8. The maximum absolute atomic E-state index is 10.8. The number of halogens is 1. The van der Waals surface area contributed by atoms with Gasteiger partial charge in [0.1, 0.15) is 5.54 Å². The number of rotatable bonds is 4. The fourth-order valence-electron chi connectivity index (χ4n) is 0.890. The van der Waals surface area contributed by atoms with Crippen LogP contribution in [0.1, 0.15) is 19.5 Å². The standard InChI is InChI=1S/C10H14N2O2.ClH/c1-10(2,9(13)14)12-7-8-5-3-4-6-11-8;/h3-6,12H,7H2,1-2H3,(H,13,14);1H. The molecule has 0 spiro atoms. The number of carbonyl (C=O) groups is 1. The van der Waals surface area contributed by atoms with Crippen molar-refractivity contribution in [3.63, 3.8) is 0 Å². The number of hydrogen-bond donors (Lipinski definition) is 2. The molecule has 0 bridgehead atoms. The van der Waals surface area contributed by atoms with Crippen LogP contribution in [0.2, 0.25) is 0 Å². The van der Waals surface area contributed by atoms with E-state index in [0.29, 0.717) is 6.54 Å². The second-order valence-corrected chi connectivity index (χ2v) is 3.60. The summed E-state index contributed by atoms with van der Waals surface area (Å²) in [5.74, 6) is -0.867.